The Morgan fingerprint density at radius 1 is 1.18 bits per heavy atom. The molecule has 4 heterocycles. The third kappa shape index (κ3) is 4.88. The highest BCUT2D eigenvalue weighted by Gasteiger charge is 2.44. The zero-order valence-electron chi connectivity index (χ0n) is 20.7. The van der Waals surface area contributed by atoms with E-state index in [1.54, 1.807) is 25.1 Å². The first-order valence-electron chi connectivity index (χ1n) is 12.3. The van der Waals surface area contributed by atoms with Crippen molar-refractivity contribution in [3.05, 3.63) is 75.4 Å². The van der Waals surface area contributed by atoms with E-state index < -0.39 is 11.9 Å². The highest BCUT2D eigenvalue weighted by molar-refractivity contribution is 6.35. The Bertz CT molecular complexity index is 1390. The van der Waals surface area contributed by atoms with E-state index in [-0.39, 0.29) is 28.4 Å². The Hall–Kier alpha value is -3.43. The maximum Gasteiger partial charge on any atom is 0.226 e. The summed E-state index contributed by atoms with van der Waals surface area (Å²) >= 11 is 12.5. The smallest absolute Gasteiger partial charge is 0.226 e. The van der Waals surface area contributed by atoms with Crippen LogP contribution in [-0.2, 0) is 4.79 Å². The number of pyridine rings is 2. The second kappa shape index (κ2) is 10.4. The standard InChI is InChI=1S/C27H27Cl2FN6O2/c1-15(23-19(28)13-33-14-20(23)29)38-17-2-3-22(31)18(11-17)24(32)16-10-21(30)25(35-12-16)36-8-5-27(6-9-36)4-7-34-26(27)37/h2-3,10-15,32H,4-9,31H2,1H3,(H,34,37)/t15-/m1/s1. The number of amides is 1. The van der Waals surface area contributed by atoms with Gasteiger partial charge in [-0.3, -0.25) is 15.2 Å². The van der Waals surface area contributed by atoms with Crippen LogP contribution in [0.15, 0.2) is 42.9 Å². The maximum absolute atomic E-state index is 15.2. The number of nitrogens with one attached hydrogen (secondary N) is 2. The van der Waals surface area contributed by atoms with Gasteiger partial charge in [0, 0.05) is 60.6 Å². The summed E-state index contributed by atoms with van der Waals surface area (Å²) in [7, 11) is 0. The number of piperidine rings is 1. The molecule has 1 spiro atoms. The number of carbonyl (C=O) groups excluding carboxylic acids is 1. The van der Waals surface area contributed by atoms with Crippen LogP contribution in [0.25, 0.3) is 0 Å². The summed E-state index contributed by atoms with van der Waals surface area (Å²) in [6.07, 6.45) is 6.10. The van der Waals surface area contributed by atoms with Gasteiger partial charge < -0.3 is 20.7 Å². The highest BCUT2D eigenvalue weighted by Crippen LogP contribution is 2.39. The van der Waals surface area contributed by atoms with Gasteiger partial charge in [-0.25, -0.2) is 9.37 Å². The fourth-order valence-corrected chi connectivity index (χ4v) is 5.87. The molecule has 3 aromatic rings. The fraction of sp³-hybridized carbons (Fsp3) is 0.333. The molecule has 4 N–H and O–H groups in total. The first kappa shape index (κ1) is 26.2. The van der Waals surface area contributed by atoms with Gasteiger partial charge in [0.05, 0.1) is 21.2 Å². The minimum Gasteiger partial charge on any atom is -0.486 e. The lowest BCUT2D eigenvalue weighted by Gasteiger charge is -2.38. The quantitative estimate of drug-likeness (QED) is 0.285. The molecule has 0 unspecified atom stereocenters. The number of aromatic nitrogens is 2. The lowest BCUT2D eigenvalue weighted by atomic mass is 9.77. The molecule has 2 aliphatic heterocycles. The molecule has 38 heavy (non-hydrogen) atoms. The van der Waals surface area contributed by atoms with Gasteiger partial charge in [0.1, 0.15) is 11.9 Å². The molecule has 2 aliphatic rings. The Morgan fingerprint density at radius 3 is 2.53 bits per heavy atom. The van der Waals surface area contributed by atoms with E-state index in [2.05, 4.69) is 15.3 Å². The molecule has 1 aromatic carbocycles. The molecular formula is C27H27Cl2FN6O2. The van der Waals surface area contributed by atoms with Crippen molar-refractivity contribution in [3.8, 4) is 5.75 Å². The topological polar surface area (TPSA) is 117 Å². The first-order valence-corrected chi connectivity index (χ1v) is 13.1. The number of nitrogen functional groups attached to an aromatic ring is 1. The number of halogens is 3. The zero-order valence-corrected chi connectivity index (χ0v) is 22.2. The minimum absolute atomic E-state index is 0.0127. The van der Waals surface area contributed by atoms with Crippen molar-refractivity contribution in [2.45, 2.75) is 32.3 Å². The largest absolute Gasteiger partial charge is 0.486 e. The first-order chi connectivity index (χ1) is 18.2. The molecule has 11 heteroatoms. The third-order valence-corrected chi connectivity index (χ3v) is 8.01. The number of rotatable bonds is 6. The monoisotopic (exact) mass is 556 g/mol. The molecule has 2 saturated heterocycles. The van der Waals surface area contributed by atoms with E-state index in [0.29, 0.717) is 65.1 Å². The van der Waals surface area contributed by atoms with Crippen LogP contribution in [0, 0.1) is 16.6 Å². The maximum atomic E-state index is 15.2. The van der Waals surface area contributed by atoms with Gasteiger partial charge in [0.25, 0.3) is 0 Å². The fourth-order valence-electron chi connectivity index (χ4n) is 5.19. The number of hydrogen-bond donors (Lipinski definition) is 3. The van der Waals surface area contributed by atoms with E-state index in [4.69, 9.17) is 39.1 Å². The lowest BCUT2D eigenvalue weighted by molar-refractivity contribution is -0.128. The van der Waals surface area contributed by atoms with E-state index in [0.717, 1.165) is 6.42 Å². The Labute approximate surface area is 229 Å². The average molecular weight is 557 g/mol. The summed E-state index contributed by atoms with van der Waals surface area (Å²) < 4.78 is 21.2. The molecule has 0 radical (unpaired) electrons. The van der Waals surface area contributed by atoms with Crippen LogP contribution in [0.4, 0.5) is 15.9 Å². The van der Waals surface area contributed by atoms with Crippen LogP contribution in [0.2, 0.25) is 10.0 Å². The van der Waals surface area contributed by atoms with E-state index in [1.807, 2.05) is 4.90 Å². The molecule has 2 aromatic heterocycles. The Kier molecular flexibility index (Phi) is 7.15. The zero-order chi connectivity index (χ0) is 27.0. The second-order valence-corrected chi connectivity index (χ2v) is 10.5. The van der Waals surface area contributed by atoms with Crippen molar-refractivity contribution in [3.63, 3.8) is 0 Å². The molecule has 8 nitrogen and oxygen atoms in total. The summed E-state index contributed by atoms with van der Waals surface area (Å²) in [5.41, 5.74) is 7.44. The number of nitrogens with two attached hydrogens (primary N) is 1. The van der Waals surface area contributed by atoms with Crippen LogP contribution in [-0.4, -0.2) is 41.2 Å². The number of ether oxygens (including phenoxy) is 1. The van der Waals surface area contributed by atoms with Crippen molar-refractivity contribution in [2.24, 2.45) is 5.41 Å². The third-order valence-electron chi connectivity index (χ3n) is 7.41. The molecule has 1 amide bonds. The van der Waals surface area contributed by atoms with Crippen molar-refractivity contribution in [1.82, 2.24) is 15.3 Å². The summed E-state index contributed by atoms with van der Waals surface area (Å²) in [5.74, 6) is 0.235. The van der Waals surface area contributed by atoms with Crippen LogP contribution >= 0.6 is 23.2 Å². The SMILES string of the molecule is C[C@@H](Oc1ccc(N)c(C(=N)c2cnc(N3CCC4(CCNC4=O)CC3)c(F)c2)c1)c1c(Cl)cncc1Cl. The molecule has 0 bridgehead atoms. The van der Waals surface area contributed by atoms with Crippen molar-refractivity contribution in [2.75, 3.05) is 30.3 Å². The Morgan fingerprint density at radius 2 is 1.89 bits per heavy atom. The van der Waals surface area contributed by atoms with E-state index in [9.17, 15) is 4.79 Å². The van der Waals surface area contributed by atoms with Gasteiger partial charge in [0.2, 0.25) is 5.91 Å². The molecule has 198 valence electrons. The van der Waals surface area contributed by atoms with Crippen LogP contribution in [0.1, 0.15) is 49.0 Å². The second-order valence-electron chi connectivity index (χ2n) is 9.70. The summed E-state index contributed by atoms with van der Waals surface area (Å²) in [6.45, 7) is 3.59. The molecular weight excluding hydrogens is 530 g/mol. The predicted octanol–water partition coefficient (Wildman–Crippen LogP) is 5.17. The van der Waals surface area contributed by atoms with Crippen molar-refractivity contribution < 1.29 is 13.9 Å². The number of carbonyl (C=O) groups is 1. The summed E-state index contributed by atoms with van der Waals surface area (Å²) in [4.78, 5) is 22.4. The van der Waals surface area contributed by atoms with Gasteiger partial charge in [-0.2, -0.15) is 0 Å². The highest BCUT2D eigenvalue weighted by atomic mass is 35.5. The molecule has 1 atom stereocenters. The van der Waals surface area contributed by atoms with Crippen LogP contribution in [0.5, 0.6) is 5.75 Å². The van der Waals surface area contributed by atoms with Gasteiger partial charge >= 0.3 is 0 Å². The number of hydrogen-bond acceptors (Lipinski definition) is 7. The van der Waals surface area contributed by atoms with Crippen molar-refractivity contribution >= 4 is 46.3 Å². The van der Waals surface area contributed by atoms with Gasteiger partial charge in [0.15, 0.2) is 11.6 Å². The van der Waals surface area contributed by atoms with Gasteiger partial charge in [-0.1, -0.05) is 23.2 Å². The van der Waals surface area contributed by atoms with Crippen LogP contribution < -0.4 is 20.7 Å². The number of benzene rings is 1. The molecule has 2 fully saturated rings. The van der Waals surface area contributed by atoms with E-state index >= 15 is 4.39 Å². The lowest BCUT2D eigenvalue weighted by Crippen LogP contribution is -2.44. The normalized spacial score (nSPS) is 17.4. The average Bonchev–Trinajstić information content (AvgIpc) is 3.24. The predicted molar refractivity (Wildman–Crippen MR) is 146 cm³/mol. The number of anilines is 2. The molecule has 0 aliphatic carbocycles. The summed E-state index contributed by atoms with van der Waals surface area (Å²) in [6, 6.07) is 6.23. The Balaban J connectivity index is 1.32. The van der Waals surface area contributed by atoms with Crippen LogP contribution in [0.3, 0.4) is 0 Å². The van der Waals surface area contributed by atoms with E-state index in [1.165, 1.54) is 24.7 Å². The number of nitrogens with zero attached hydrogens (tertiary/aromatic N) is 3. The molecule has 0 saturated carbocycles. The van der Waals surface area contributed by atoms with Gasteiger partial charge in [-0.15, -0.1) is 0 Å². The summed E-state index contributed by atoms with van der Waals surface area (Å²) in [5, 5.41) is 12.4. The van der Waals surface area contributed by atoms with Gasteiger partial charge in [-0.05, 0) is 50.5 Å². The molecule has 5 rings (SSSR count). The minimum atomic E-state index is -0.527. The van der Waals surface area contributed by atoms with Crippen molar-refractivity contribution in [1.29, 1.82) is 5.41 Å².